The second-order valence-electron chi connectivity index (χ2n) is 3.66. The number of nitrogens with zero attached hydrogens (tertiary/aromatic N) is 2. The molecule has 15 heavy (non-hydrogen) atoms. The Morgan fingerprint density at radius 1 is 1.13 bits per heavy atom. The van der Waals surface area contributed by atoms with Crippen LogP contribution in [0.1, 0.15) is 5.56 Å². The first-order valence-corrected chi connectivity index (χ1v) is 4.81. The average Bonchev–Trinajstić information content (AvgIpc) is 2.55. The maximum atomic E-state index is 9.01. The predicted octanol–water partition coefficient (Wildman–Crippen LogP) is 2.43. The van der Waals surface area contributed by atoms with Gasteiger partial charge in [-0.3, -0.25) is 0 Å². The van der Waals surface area contributed by atoms with Crippen molar-refractivity contribution in [2.45, 2.75) is 0 Å². The summed E-state index contributed by atoms with van der Waals surface area (Å²) in [7, 11) is 1.91. The molecule has 0 saturated carbocycles. The molecule has 1 aliphatic rings. The second kappa shape index (κ2) is 2.73. The van der Waals surface area contributed by atoms with Gasteiger partial charge in [0, 0.05) is 18.0 Å². The molecular formula is C12H10N2O. The lowest BCUT2D eigenvalue weighted by molar-refractivity contribution is 0.318. The van der Waals surface area contributed by atoms with Crippen LogP contribution in [-0.4, -0.2) is 18.1 Å². The van der Waals surface area contributed by atoms with Crippen molar-refractivity contribution in [3.8, 4) is 0 Å². The fraction of sp³-hybridized carbons (Fsp3) is 0.0833. The first-order chi connectivity index (χ1) is 7.33. The van der Waals surface area contributed by atoms with E-state index in [1.807, 2.05) is 36.2 Å². The van der Waals surface area contributed by atoms with Crippen molar-refractivity contribution in [2.24, 2.45) is 5.16 Å². The second-order valence-corrected chi connectivity index (χ2v) is 3.66. The molecule has 0 aliphatic carbocycles. The Hall–Kier alpha value is -2.03. The van der Waals surface area contributed by atoms with Crippen molar-refractivity contribution >= 4 is 22.3 Å². The van der Waals surface area contributed by atoms with Crippen LogP contribution in [0.25, 0.3) is 10.8 Å². The van der Waals surface area contributed by atoms with Gasteiger partial charge < -0.3 is 10.1 Å². The summed E-state index contributed by atoms with van der Waals surface area (Å²) in [6, 6.07) is 12.1. The minimum Gasteiger partial charge on any atom is -0.409 e. The maximum absolute atomic E-state index is 9.01. The fourth-order valence-electron chi connectivity index (χ4n) is 2.20. The van der Waals surface area contributed by atoms with E-state index in [-0.39, 0.29) is 0 Å². The predicted molar refractivity (Wildman–Crippen MR) is 60.7 cm³/mol. The van der Waals surface area contributed by atoms with E-state index in [1.165, 1.54) is 5.39 Å². The zero-order valence-corrected chi connectivity index (χ0v) is 8.31. The Morgan fingerprint density at radius 3 is 2.60 bits per heavy atom. The quantitative estimate of drug-likeness (QED) is 0.521. The zero-order valence-electron chi connectivity index (χ0n) is 8.31. The van der Waals surface area contributed by atoms with E-state index >= 15 is 0 Å². The van der Waals surface area contributed by atoms with Gasteiger partial charge in [-0.2, -0.15) is 0 Å². The molecule has 0 saturated heterocycles. The number of hydrogen-bond donors (Lipinski definition) is 1. The summed E-state index contributed by atoms with van der Waals surface area (Å²) < 4.78 is 0. The molecule has 1 heterocycles. The van der Waals surface area contributed by atoms with E-state index < -0.39 is 0 Å². The third-order valence-corrected chi connectivity index (χ3v) is 2.90. The molecule has 3 heteroatoms. The summed E-state index contributed by atoms with van der Waals surface area (Å²) in [5, 5.41) is 14.7. The summed E-state index contributed by atoms with van der Waals surface area (Å²) in [5.41, 5.74) is 2.09. The van der Waals surface area contributed by atoms with Gasteiger partial charge in [0.2, 0.25) is 0 Å². The number of hydrogen-bond acceptors (Lipinski definition) is 2. The molecule has 3 nitrogen and oxygen atoms in total. The van der Waals surface area contributed by atoms with Crippen molar-refractivity contribution in [1.29, 1.82) is 0 Å². The lowest BCUT2D eigenvalue weighted by Crippen LogP contribution is -2.21. The number of benzene rings is 2. The standard InChI is InChI=1S/C12H10N2O/c1-14-10-7-3-5-8-4-2-6-9(11(8)10)12(14)13-15/h2-7,15H,1H3. The van der Waals surface area contributed by atoms with E-state index in [0.717, 1.165) is 16.6 Å². The molecule has 3 rings (SSSR count). The number of rotatable bonds is 0. The van der Waals surface area contributed by atoms with E-state index in [0.29, 0.717) is 5.84 Å². The summed E-state index contributed by atoms with van der Waals surface area (Å²) in [4.78, 5) is 1.90. The van der Waals surface area contributed by atoms with Crippen LogP contribution in [0.3, 0.4) is 0 Å². The number of oxime groups is 1. The van der Waals surface area contributed by atoms with E-state index in [1.54, 1.807) is 0 Å². The molecular weight excluding hydrogens is 188 g/mol. The Labute approximate surface area is 87.2 Å². The van der Waals surface area contributed by atoms with Gasteiger partial charge in [-0.1, -0.05) is 35.5 Å². The molecule has 74 valence electrons. The van der Waals surface area contributed by atoms with Crippen LogP contribution >= 0.6 is 0 Å². The van der Waals surface area contributed by atoms with Crippen LogP contribution < -0.4 is 4.90 Å². The molecule has 0 radical (unpaired) electrons. The molecule has 0 bridgehead atoms. The van der Waals surface area contributed by atoms with E-state index in [9.17, 15) is 0 Å². The van der Waals surface area contributed by atoms with Gasteiger partial charge in [0.1, 0.15) is 0 Å². The van der Waals surface area contributed by atoms with Gasteiger partial charge in [-0.05, 0) is 11.5 Å². The van der Waals surface area contributed by atoms with Gasteiger partial charge >= 0.3 is 0 Å². The monoisotopic (exact) mass is 198 g/mol. The molecule has 2 aromatic rings. The highest BCUT2D eigenvalue weighted by atomic mass is 16.4. The van der Waals surface area contributed by atoms with Crippen LogP contribution in [0.4, 0.5) is 5.69 Å². The summed E-state index contributed by atoms with van der Waals surface area (Å²) in [5.74, 6) is 0.613. The Morgan fingerprint density at radius 2 is 1.87 bits per heavy atom. The van der Waals surface area contributed by atoms with Crippen LogP contribution in [0.2, 0.25) is 0 Å². The molecule has 2 aromatic carbocycles. The zero-order chi connectivity index (χ0) is 10.4. The Balaban J connectivity index is 2.50. The smallest absolute Gasteiger partial charge is 0.180 e. The molecule has 0 amide bonds. The van der Waals surface area contributed by atoms with E-state index in [2.05, 4.69) is 17.3 Å². The van der Waals surface area contributed by atoms with Gasteiger partial charge in [0.25, 0.3) is 0 Å². The highest BCUT2D eigenvalue weighted by Gasteiger charge is 2.24. The van der Waals surface area contributed by atoms with Gasteiger partial charge in [0.05, 0.1) is 5.69 Å². The van der Waals surface area contributed by atoms with Crippen molar-refractivity contribution < 1.29 is 5.21 Å². The van der Waals surface area contributed by atoms with Gasteiger partial charge in [-0.15, -0.1) is 0 Å². The third kappa shape index (κ3) is 0.920. The minimum atomic E-state index is 0.613. The topological polar surface area (TPSA) is 35.8 Å². The molecule has 1 N–H and O–H groups in total. The Bertz CT molecular complexity index is 570. The van der Waals surface area contributed by atoms with Crippen molar-refractivity contribution in [1.82, 2.24) is 0 Å². The highest BCUT2D eigenvalue weighted by Crippen LogP contribution is 2.36. The summed E-state index contributed by atoms with van der Waals surface area (Å²) >= 11 is 0. The lowest BCUT2D eigenvalue weighted by atomic mass is 10.1. The van der Waals surface area contributed by atoms with Crippen LogP contribution in [0.5, 0.6) is 0 Å². The largest absolute Gasteiger partial charge is 0.409 e. The lowest BCUT2D eigenvalue weighted by Gasteiger charge is -2.11. The average molecular weight is 198 g/mol. The van der Waals surface area contributed by atoms with Crippen LogP contribution in [0, 0.1) is 0 Å². The third-order valence-electron chi connectivity index (χ3n) is 2.90. The van der Waals surface area contributed by atoms with Crippen LogP contribution in [-0.2, 0) is 0 Å². The SMILES string of the molecule is CN1C(=NO)c2cccc3cccc1c23. The molecule has 1 aliphatic heterocycles. The molecule has 0 unspecified atom stereocenters. The molecule has 0 atom stereocenters. The van der Waals surface area contributed by atoms with Crippen molar-refractivity contribution in [3.63, 3.8) is 0 Å². The first kappa shape index (κ1) is 8.29. The highest BCUT2D eigenvalue weighted by molar-refractivity contribution is 6.26. The number of amidine groups is 1. The van der Waals surface area contributed by atoms with Crippen molar-refractivity contribution in [2.75, 3.05) is 11.9 Å². The van der Waals surface area contributed by atoms with E-state index in [4.69, 9.17) is 5.21 Å². The fourth-order valence-corrected chi connectivity index (χ4v) is 2.20. The first-order valence-electron chi connectivity index (χ1n) is 4.81. The van der Waals surface area contributed by atoms with Crippen molar-refractivity contribution in [3.05, 3.63) is 42.0 Å². The Kier molecular flexibility index (Phi) is 1.51. The molecule has 0 fully saturated rings. The minimum absolute atomic E-state index is 0.613. The summed E-state index contributed by atoms with van der Waals surface area (Å²) in [6.07, 6.45) is 0. The normalized spacial score (nSPS) is 16.6. The maximum Gasteiger partial charge on any atom is 0.180 e. The summed E-state index contributed by atoms with van der Waals surface area (Å²) in [6.45, 7) is 0. The van der Waals surface area contributed by atoms with Gasteiger partial charge in [0.15, 0.2) is 5.84 Å². The van der Waals surface area contributed by atoms with Gasteiger partial charge in [-0.25, -0.2) is 0 Å². The molecule has 0 spiro atoms. The number of anilines is 1. The van der Waals surface area contributed by atoms with Crippen LogP contribution in [0.15, 0.2) is 41.6 Å². The molecule has 0 aromatic heterocycles.